The van der Waals surface area contributed by atoms with Gasteiger partial charge in [0, 0.05) is 36.8 Å². The number of fused-ring (bicyclic) bond motifs is 3. The van der Waals surface area contributed by atoms with Crippen molar-refractivity contribution in [2.24, 2.45) is 0 Å². The number of hydrogen-bond acceptors (Lipinski definition) is 6. The number of amides is 1. The molecule has 0 radical (unpaired) electrons. The molecule has 1 amide bonds. The first kappa shape index (κ1) is 23.2. The number of ether oxygens (including phenoxy) is 1. The summed E-state index contributed by atoms with van der Waals surface area (Å²) < 4.78 is 7.24. The van der Waals surface area contributed by atoms with E-state index in [1.165, 1.54) is 5.56 Å². The summed E-state index contributed by atoms with van der Waals surface area (Å²) >= 11 is 0. The zero-order valence-electron chi connectivity index (χ0n) is 21.4. The van der Waals surface area contributed by atoms with Crippen molar-refractivity contribution in [2.75, 3.05) is 33.3 Å². The number of aryl methyl sites for hydroxylation is 2. The van der Waals surface area contributed by atoms with Gasteiger partial charge in [-0.1, -0.05) is 13.8 Å². The molecule has 1 atom stereocenters. The largest absolute Gasteiger partial charge is 0.497 e. The van der Waals surface area contributed by atoms with Crippen LogP contribution < -0.4 is 4.74 Å². The normalized spacial score (nSPS) is 18.9. The molecule has 8 nitrogen and oxygen atoms in total. The lowest BCUT2D eigenvalue weighted by molar-refractivity contribution is 0.0776. The average Bonchev–Trinajstić information content (AvgIpc) is 3.47. The molecule has 1 saturated heterocycles. The second-order valence-corrected chi connectivity index (χ2v) is 10.1. The summed E-state index contributed by atoms with van der Waals surface area (Å²) in [6.45, 7) is 7.99. The number of rotatable bonds is 7. The molecule has 6 rings (SSSR count). The van der Waals surface area contributed by atoms with Crippen molar-refractivity contribution in [2.45, 2.75) is 57.9 Å². The van der Waals surface area contributed by atoms with E-state index < -0.39 is 0 Å². The molecule has 1 aromatic carbocycles. The number of likely N-dealkylation sites (N-methyl/N-ethyl adjacent to an activating group) is 1. The third-order valence-corrected chi connectivity index (χ3v) is 8.05. The van der Waals surface area contributed by atoms with Crippen LogP contribution in [0.15, 0.2) is 30.6 Å². The van der Waals surface area contributed by atoms with E-state index in [1.54, 1.807) is 13.3 Å². The predicted octanol–water partition coefficient (Wildman–Crippen LogP) is 3.87. The number of hydrogen-bond donors (Lipinski definition) is 0. The molecule has 36 heavy (non-hydrogen) atoms. The number of benzene rings is 1. The molecule has 1 unspecified atom stereocenters. The van der Waals surface area contributed by atoms with E-state index in [0.717, 1.165) is 86.5 Å². The molecule has 2 aromatic heterocycles. The van der Waals surface area contributed by atoms with Gasteiger partial charge in [-0.25, -0.2) is 14.6 Å². The van der Waals surface area contributed by atoms with Gasteiger partial charge in [0.15, 0.2) is 0 Å². The lowest BCUT2D eigenvalue weighted by atomic mass is 9.90. The summed E-state index contributed by atoms with van der Waals surface area (Å²) in [5, 5.41) is 4.67. The molecule has 3 aromatic rings. The second-order valence-electron chi connectivity index (χ2n) is 10.1. The van der Waals surface area contributed by atoms with Crippen LogP contribution in [0.5, 0.6) is 5.75 Å². The highest BCUT2D eigenvalue weighted by molar-refractivity contribution is 5.95. The first-order valence-electron chi connectivity index (χ1n) is 13.3. The Morgan fingerprint density at radius 1 is 1.11 bits per heavy atom. The Morgan fingerprint density at radius 3 is 2.67 bits per heavy atom. The van der Waals surface area contributed by atoms with E-state index >= 15 is 0 Å². The molecular weight excluding hydrogens is 452 g/mol. The molecule has 188 valence electrons. The Labute approximate surface area is 212 Å². The third-order valence-electron chi connectivity index (χ3n) is 8.05. The van der Waals surface area contributed by atoms with Crippen LogP contribution in [0.4, 0.5) is 0 Å². The maximum Gasteiger partial charge on any atom is 0.257 e. The third kappa shape index (κ3) is 3.97. The highest BCUT2D eigenvalue weighted by atomic mass is 16.5. The Hall–Kier alpha value is -3.26. The highest BCUT2D eigenvalue weighted by Gasteiger charge is 2.37. The molecule has 1 saturated carbocycles. The van der Waals surface area contributed by atoms with Crippen molar-refractivity contribution < 1.29 is 9.53 Å². The summed E-state index contributed by atoms with van der Waals surface area (Å²) in [4.78, 5) is 27.8. The SMILES string of the molecule is CCN(CC)C1CCN(C(=O)c2cnn(-c3ncc4c(n3)-c3ccc(OC)cc3CC4)c2C2CC2)C1. The summed E-state index contributed by atoms with van der Waals surface area (Å²) in [5.41, 5.74) is 6.14. The van der Waals surface area contributed by atoms with E-state index in [0.29, 0.717) is 23.5 Å². The number of carbonyl (C=O) groups excluding carboxylic acids is 1. The van der Waals surface area contributed by atoms with Crippen LogP contribution >= 0.6 is 0 Å². The summed E-state index contributed by atoms with van der Waals surface area (Å²) in [6.07, 6.45) is 8.68. The first-order valence-corrected chi connectivity index (χ1v) is 13.3. The van der Waals surface area contributed by atoms with E-state index in [9.17, 15) is 4.79 Å². The Kier molecular flexibility index (Phi) is 5.99. The Bertz CT molecular complexity index is 1290. The topological polar surface area (TPSA) is 76.4 Å². The van der Waals surface area contributed by atoms with Crippen molar-refractivity contribution in [1.82, 2.24) is 29.5 Å². The Morgan fingerprint density at radius 2 is 1.92 bits per heavy atom. The van der Waals surface area contributed by atoms with Gasteiger partial charge in [0.1, 0.15) is 5.75 Å². The zero-order valence-corrected chi connectivity index (χ0v) is 21.4. The second kappa shape index (κ2) is 9.32. The number of aromatic nitrogens is 4. The molecule has 8 heteroatoms. The fourth-order valence-electron chi connectivity index (χ4n) is 5.89. The summed E-state index contributed by atoms with van der Waals surface area (Å²) in [6, 6.07) is 6.60. The average molecular weight is 487 g/mol. The van der Waals surface area contributed by atoms with Gasteiger partial charge in [-0.15, -0.1) is 0 Å². The minimum Gasteiger partial charge on any atom is -0.497 e. The van der Waals surface area contributed by atoms with E-state index in [-0.39, 0.29) is 5.91 Å². The van der Waals surface area contributed by atoms with Gasteiger partial charge in [-0.05, 0) is 74.5 Å². The lowest BCUT2D eigenvalue weighted by Gasteiger charge is -2.26. The highest BCUT2D eigenvalue weighted by Crippen LogP contribution is 2.43. The smallest absolute Gasteiger partial charge is 0.257 e. The van der Waals surface area contributed by atoms with Gasteiger partial charge < -0.3 is 9.64 Å². The monoisotopic (exact) mass is 486 g/mol. The summed E-state index contributed by atoms with van der Waals surface area (Å²) in [5.74, 6) is 1.83. The van der Waals surface area contributed by atoms with Crippen LogP contribution in [0.1, 0.15) is 66.2 Å². The molecule has 3 aliphatic rings. The van der Waals surface area contributed by atoms with Gasteiger partial charge in [-0.3, -0.25) is 9.69 Å². The molecular formula is C28H34N6O2. The predicted molar refractivity (Wildman–Crippen MR) is 138 cm³/mol. The maximum absolute atomic E-state index is 13.6. The maximum atomic E-state index is 13.6. The van der Waals surface area contributed by atoms with Gasteiger partial charge in [-0.2, -0.15) is 5.10 Å². The van der Waals surface area contributed by atoms with E-state index in [1.807, 2.05) is 21.8 Å². The number of methoxy groups -OCH3 is 1. The fraction of sp³-hybridized carbons (Fsp3) is 0.500. The Balaban J connectivity index is 1.33. The molecule has 1 aliphatic heterocycles. The zero-order chi connectivity index (χ0) is 24.8. The molecule has 0 N–H and O–H groups in total. The number of likely N-dealkylation sites (tertiary alicyclic amines) is 1. The van der Waals surface area contributed by atoms with Crippen LogP contribution in [0.25, 0.3) is 17.2 Å². The molecule has 0 spiro atoms. The van der Waals surface area contributed by atoms with Crippen molar-refractivity contribution in [1.29, 1.82) is 0 Å². The first-order chi connectivity index (χ1) is 17.6. The van der Waals surface area contributed by atoms with Gasteiger partial charge in [0.05, 0.1) is 30.3 Å². The number of carbonyl (C=O) groups is 1. The minimum absolute atomic E-state index is 0.0909. The lowest BCUT2D eigenvalue weighted by Crippen LogP contribution is -2.38. The number of nitrogens with zero attached hydrogens (tertiary/aromatic N) is 6. The molecule has 0 bridgehead atoms. The van der Waals surface area contributed by atoms with Crippen LogP contribution in [-0.4, -0.2) is 74.8 Å². The van der Waals surface area contributed by atoms with Gasteiger partial charge in [0.25, 0.3) is 11.9 Å². The van der Waals surface area contributed by atoms with E-state index in [2.05, 4.69) is 36.0 Å². The molecule has 2 fully saturated rings. The van der Waals surface area contributed by atoms with Gasteiger partial charge in [0.2, 0.25) is 0 Å². The van der Waals surface area contributed by atoms with E-state index in [4.69, 9.17) is 14.7 Å². The molecule has 3 heterocycles. The minimum atomic E-state index is 0.0909. The van der Waals surface area contributed by atoms with Crippen molar-refractivity contribution >= 4 is 5.91 Å². The van der Waals surface area contributed by atoms with Crippen molar-refractivity contribution in [3.05, 3.63) is 53.0 Å². The summed E-state index contributed by atoms with van der Waals surface area (Å²) in [7, 11) is 1.70. The van der Waals surface area contributed by atoms with Crippen LogP contribution in [0.3, 0.4) is 0 Å². The fourth-order valence-corrected chi connectivity index (χ4v) is 5.89. The van der Waals surface area contributed by atoms with Crippen molar-refractivity contribution in [3.63, 3.8) is 0 Å². The molecule has 2 aliphatic carbocycles. The van der Waals surface area contributed by atoms with Crippen LogP contribution in [-0.2, 0) is 12.8 Å². The quantitative estimate of drug-likeness (QED) is 0.505. The van der Waals surface area contributed by atoms with Crippen molar-refractivity contribution in [3.8, 4) is 23.0 Å². The van der Waals surface area contributed by atoms with Gasteiger partial charge >= 0.3 is 0 Å². The van der Waals surface area contributed by atoms with Crippen LogP contribution in [0, 0.1) is 0 Å². The van der Waals surface area contributed by atoms with Crippen LogP contribution in [0.2, 0.25) is 0 Å². The standard InChI is InChI=1S/C28H34N6O2/c1-4-32(5-2)21-12-13-33(17-21)27(35)24-16-30-34(26(24)18-6-7-18)28-29-15-20-9-8-19-14-22(36-3)10-11-23(19)25(20)31-28/h10-11,14-16,18,21H,4-9,12-13,17H2,1-3H3.